The third-order valence-corrected chi connectivity index (χ3v) is 2.03. The van der Waals surface area contributed by atoms with E-state index in [1.165, 1.54) is 0 Å². The molecule has 9 heavy (non-hydrogen) atoms. The number of nitrogens with zero attached hydrogens (tertiary/aromatic N) is 2. The predicted molar refractivity (Wildman–Crippen MR) is 34.6 cm³/mol. The van der Waals surface area contributed by atoms with Gasteiger partial charge >= 0.3 is 69.0 Å². The van der Waals surface area contributed by atoms with E-state index < -0.39 is 0 Å². The van der Waals surface area contributed by atoms with Crippen molar-refractivity contribution in [2.45, 2.75) is 0 Å². The quantitative estimate of drug-likeness (QED) is 0.385. The molecular weight excluding hydrogens is 199 g/mol. The molecule has 0 aliphatic rings. The molecule has 47 valence electrons. The van der Waals surface area contributed by atoms with Gasteiger partial charge in [-0.15, -0.1) is 0 Å². The van der Waals surface area contributed by atoms with Crippen LogP contribution in [0, 0.1) is 22.7 Å². The van der Waals surface area contributed by atoms with E-state index in [-0.39, 0.29) is 9.81 Å². The van der Waals surface area contributed by atoms with Crippen LogP contribution >= 0.6 is 12.6 Å². The Hall–Kier alpha value is -0.204. The van der Waals surface area contributed by atoms with Crippen LogP contribution in [0.2, 0.25) is 0 Å². The van der Waals surface area contributed by atoms with Gasteiger partial charge in [-0.05, 0) is 0 Å². The number of allylic oxidation sites excluding steroid dienone is 2. The first kappa shape index (κ1) is 8.80. The second kappa shape index (κ2) is 4.65. The van der Waals surface area contributed by atoms with Crippen molar-refractivity contribution in [2.75, 3.05) is 0 Å². The number of hydrogen-bond donors (Lipinski definition) is 1. The van der Waals surface area contributed by atoms with Crippen molar-refractivity contribution in [3.63, 3.8) is 0 Å². The van der Waals surface area contributed by atoms with E-state index >= 15 is 0 Å². The monoisotopic (exact) mass is 200 g/mol. The van der Waals surface area contributed by atoms with Gasteiger partial charge in [0, 0.05) is 0 Å². The SMILES string of the molecule is N#C/C(S)=C(\C#N)[S+]=[Co]. The van der Waals surface area contributed by atoms with E-state index in [9.17, 15) is 0 Å². The Bertz CT molecular complexity index is 232. The molecule has 0 saturated heterocycles. The second-order valence-corrected chi connectivity index (χ2v) is 2.60. The Labute approximate surface area is 69.0 Å². The molecule has 0 aliphatic heterocycles. The summed E-state index contributed by atoms with van der Waals surface area (Å²) in [7, 11) is 0.910. The van der Waals surface area contributed by atoms with Crippen LogP contribution in [0.4, 0.5) is 0 Å². The molecule has 0 bridgehead atoms. The van der Waals surface area contributed by atoms with Gasteiger partial charge in [0.2, 0.25) is 0 Å². The molecule has 0 aliphatic carbocycles. The summed E-state index contributed by atoms with van der Waals surface area (Å²) in [6.07, 6.45) is 0. The van der Waals surface area contributed by atoms with Crippen LogP contribution in [0.5, 0.6) is 0 Å². The minimum absolute atomic E-state index is 0.107. The Morgan fingerprint density at radius 3 is 2.11 bits per heavy atom. The van der Waals surface area contributed by atoms with Crippen molar-refractivity contribution in [3.8, 4) is 12.1 Å². The summed E-state index contributed by atoms with van der Waals surface area (Å²) >= 11 is 7.48. The van der Waals surface area contributed by atoms with Crippen LogP contribution in [0.25, 0.3) is 0 Å². The third-order valence-electron chi connectivity index (χ3n) is 0.491. The zero-order valence-electron chi connectivity index (χ0n) is 4.08. The topological polar surface area (TPSA) is 47.6 Å². The first-order valence-corrected chi connectivity index (χ1v) is 4.16. The molecule has 0 atom stereocenters. The number of nitriles is 2. The standard InChI is InChI=1S/C4H2N2S2.Co/c5-1-3(7)4(8)2-6;/h7-8H;/q;+2/p-1/b4-3-;. The molecule has 0 fully saturated rings. The number of hydrogen-bond acceptors (Lipinski definition) is 3. The van der Waals surface area contributed by atoms with Crippen molar-refractivity contribution in [3.05, 3.63) is 9.81 Å². The minimum atomic E-state index is 0.107. The van der Waals surface area contributed by atoms with Gasteiger partial charge in [0.05, 0.1) is 0 Å². The summed E-state index contributed by atoms with van der Waals surface area (Å²) in [5, 5.41) is 16.4. The Balaban J connectivity index is 4.70. The first-order valence-electron chi connectivity index (χ1n) is 1.76. The maximum absolute atomic E-state index is 8.25. The fraction of sp³-hybridized carbons (Fsp3) is 0. The van der Waals surface area contributed by atoms with Gasteiger partial charge in [0.15, 0.2) is 0 Å². The average Bonchev–Trinajstić information content (AvgIpc) is 1.90. The molecule has 0 heterocycles. The summed E-state index contributed by atoms with van der Waals surface area (Å²) in [5.74, 6) is 0. The van der Waals surface area contributed by atoms with Gasteiger partial charge in [0.1, 0.15) is 0 Å². The molecule has 0 unspecified atom stereocenters. The maximum atomic E-state index is 8.25. The van der Waals surface area contributed by atoms with Crippen molar-refractivity contribution < 1.29 is 14.1 Å². The van der Waals surface area contributed by atoms with E-state index in [1.807, 2.05) is 0 Å². The molecule has 0 amide bonds. The van der Waals surface area contributed by atoms with Gasteiger partial charge < -0.3 is 0 Å². The Morgan fingerprint density at radius 1 is 1.44 bits per heavy atom. The van der Waals surface area contributed by atoms with Gasteiger partial charge in [-0.3, -0.25) is 0 Å². The summed E-state index contributed by atoms with van der Waals surface area (Å²) in [6, 6.07) is 3.49. The van der Waals surface area contributed by atoms with Crippen LogP contribution in [-0.2, 0) is 23.9 Å². The van der Waals surface area contributed by atoms with Crippen molar-refractivity contribution in [2.24, 2.45) is 0 Å². The summed E-state index contributed by atoms with van der Waals surface area (Å²) in [5.41, 5.74) is 0. The van der Waals surface area contributed by atoms with E-state index in [0.717, 1.165) is 9.74 Å². The summed E-state index contributed by atoms with van der Waals surface area (Å²) in [4.78, 5) is 0.330. The van der Waals surface area contributed by atoms with E-state index in [1.54, 1.807) is 12.1 Å². The van der Waals surface area contributed by atoms with Crippen LogP contribution < -0.4 is 0 Å². The van der Waals surface area contributed by atoms with Gasteiger partial charge in [-0.25, -0.2) is 0 Å². The molecule has 0 aromatic carbocycles. The molecule has 0 radical (unpaired) electrons. The molecule has 0 aromatic heterocycles. The average molecular weight is 200 g/mol. The summed E-state index contributed by atoms with van der Waals surface area (Å²) < 4.78 is 0. The van der Waals surface area contributed by atoms with Crippen LogP contribution in [0.1, 0.15) is 0 Å². The van der Waals surface area contributed by atoms with Crippen LogP contribution in [-0.4, -0.2) is 0 Å². The van der Waals surface area contributed by atoms with E-state index in [2.05, 4.69) is 26.8 Å². The molecule has 0 saturated carbocycles. The second-order valence-electron chi connectivity index (χ2n) is 0.969. The predicted octanol–water partition coefficient (Wildman–Crippen LogP) is 0.719. The van der Waals surface area contributed by atoms with Gasteiger partial charge in [-0.1, -0.05) is 0 Å². The van der Waals surface area contributed by atoms with Gasteiger partial charge in [0.25, 0.3) is 0 Å². The summed E-state index contributed by atoms with van der Waals surface area (Å²) in [6.45, 7) is 0. The first-order chi connectivity index (χ1) is 4.26. The molecular formula is C4HCoN2S2+. The number of thiol groups is 1. The normalized spacial score (nSPS) is 10.7. The van der Waals surface area contributed by atoms with E-state index in [4.69, 9.17) is 10.5 Å². The molecule has 0 N–H and O–H groups in total. The van der Waals surface area contributed by atoms with E-state index in [0.29, 0.717) is 0 Å². The fourth-order valence-corrected chi connectivity index (χ4v) is 1.16. The van der Waals surface area contributed by atoms with Crippen molar-refractivity contribution in [1.82, 2.24) is 0 Å². The van der Waals surface area contributed by atoms with Crippen LogP contribution in [0.3, 0.4) is 0 Å². The Morgan fingerprint density at radius 2 is 2.00 bits per heavy atom. The zero-order chi connectivity index (χ0) is 7.28. The molecule has 0 aromatic rings. The third kappa shape index (κ3) is 2.73. The zero-order valence-corrected chi connectivity index (χ0v) is 6.84. The number of rotatable bonds is 1. The van der Waals surface area contributed by atoms with Crippen molar-refractivity contribution in [1.29, 1.82) is 10.5 Å². The molecule has 2 nitrogen and oxygen atoms in total. The van der Waals surface area contributed by atoms with Crippen molar-refractivity contribution >= 4 is 22.4 Å². The van der Waals surface area contributed by atoms with Crippen LogP contribution in [0.15, 0.2) is 9.81 Å². The molecule has 5 heteroatoms. The molecule has 0 rings (SSSR count). The fourth-order valence-electron chi connectivity index (χ4n) is 0.151. The van der Waals surface area contributed by atoms with Gasteiger partial charge in [-0.2, -0.15) is 0 Å². The Kier molecular flexibility index (Phi) is 4.55. The molecule has 0 spiro atoms.